The molecule has 1 saturated heterocycles. The van der Waals surface area contributed by atoms with Crippen molar-refractivity contribution in [2.45, 2.75) is 18.6 Å². The van der Waals surface area contributed by atoms with E-state index in [0.29, 0.717) is 0 Å². The number of hydrogen-bond donors (Lipinski definition) is 3. The summed E-state index contributed by atoms with van der Waals surface area (Å²) in [7, 11) is 0. The maximum absolute atomic E-state index is 5.88. The van der Waals surface area contributed by atoms with Crippen LogP contribution in [0.4, 0.5) is 0 Å². The highest BCUT2D eigenvalue weighted by Crippen LogP contribution is 2.22. The molecule has 0 saturated carbocycles. The number of hydrogen-bond acceptors (Lipinski definition) is 3. The van der Waals surface area contributed by atoms with Crippen molar-refractivity contribution in [1.82, 2.24) is 10.9 Å². The topological polar surface area (TPSA) is 50.1 Å². The van der Waals surface area contributed by atoms with Crippen molar-refractivity contribution in [1.29, 1.82) is 0 Å². The molecule has 0 spiro atoms. The zero-order valence-electron chi connectivity index (χ0n) is 7.13. The number of rotatable bonds is 1. The van der Waals surface area contributed by atoms with E-state index >= 15 is 0 Å². The Morgan fingerprint density at radius 1 is 1.38 bits per heavy atom. The van der Waals surface area contributed by atoms with Crippen LogP contribution in [0.25, 0.3) is 0 Å². The molecule has 1 aliphatic heterocycles. The van der Waals surface area contributed by atoms with Gasteiger partial charge in [-0.1, -0.05) is 23.7 Å². The third-order valence-electron chi connectivity index (χ3n) is 2.18. The Morgan fingerprint density at radius 3 is 2.85 bits per heavy atom. The van der Waals surface area contributed by atoms with E-state index in [1.165, 1.54) is 5.56 Å². The molecule has 13 heavy (non-hydrogen) atoms. The van der Waals surface area contributed by atoms with Crippen LogP contribution in [0, 0.1) is 0 Å². The smallest absolute Gasteiger partial charge is 0.0698 e. The Balaban J connectivity index is 2.16. The Morgan fingerprint density at radius 2 is 2.23 bits per heavy atom. The summed E-state index contributed by atoms with van der Waals surface area (Å²) in [6.45, 7) is 0. The summed E-state index contributed by atoms with van der Waals surface area (Å²) in [5.41, 5.74) is 13.0. The highest BCUT2D eigenvalue weighted by Gasteiger charge is 2.21. The third kappa shape index (κ3) is 2.00. The summed E-state index contributed by atoms with van der Waals surface area (Å²) >= 11 is 5.88. The van der Waals surface area contributed by atoms with Crippen molar-refractivity contribution < 1.29 is 0 Å². The minimum absolute atomic E-state index is 0.0315. The minimum Gasteiger partial charge on any atom is -0.315 e. The van der Waals surface area contributed by atoms with Gasteiger partial charge in [0.25, 0.3) is 0 Å². The van der Waals surface area contributed by atoms with Crippen LogP contribution < -0.4 is 16.6 Å². The van der Waals surface area contributed by atoms with Gasteiger partial charge in [0.1, 0.15) is 0 Å². The van der Waals surface area contributed by atoms with Crippen LogP contribution in [0.2, 0.25) is 5.02 Å². The predicted octanol–water partition coefficient (Wildman–Crippen LogP) is 1.16. The first kappa shape index (κ1) is 8.97. The molecule has 0 radical (unpaired) electrons. The second-order valence-corrected chi connectivity index (χ2v) is 3.67. The molecule has 0 aliphatic carbocycles. The molecular formula is C9H12ClN3. The van der Waals surface area contributed by atoms with Crippen molar-refractivity contribution in [3.63, 3.8) is 0 Å². The lowest BCUT2D eigenvalue weighted by Gasteiger charge is -2.09. The van der Waals surface area contributed by atoms with Crippen LogP contribution in [-0.2, 0) is 0 Å². The lowest BCUT2D eigenvalue weighted by molar-refractivity contribution is 0.552. The second-order valence-electron chi connectivity index (χ2n) is 3.24. The first-order chi connectivity index (χ1) is 6.25. The molecule has 4 N–H and O–H groups in total. The molecule has 1 aliphatic rings. The second kappa shape index (κ2) is 3.64. The van der Waals surface area contributed by atoms with Crippen LogP contribution in [0.15, 0.2) is 24.3 Å². The lowest BCUT2D eigenvalue weighted by Crippen LogP contribution is -2.36. The van der Waals surface area contributed by atoms with Gasteiger partial charge in [-0.15, -0.1) is 0 Å². The van der Waals surface area contributed by atoms with Crippen LogP contribution in [0.5, 0.6) is 0 Å². The summed E-state index contributed by atoms with van der Waals surface area (Å²) < 4.78 is 0. The number of halogens is 1. The van der Waals surface area contributed by atoms with Gasteiger partial charge in [-0.25, -0.2) is 10.9 Å². The van der Waals surface area contributed by atoms with E-state index in [0.717, 1.165) is 11.4 Å². The largest absolute Gasteiger partial charge is 0.315 e. The van der Waals surface area contributed by atoms with Crippen LogP contribution in [0.1, 0.15) is 18.0 Å². The van der Waals surface area contributed by atoms with Gasteiger partial charge in [-0.2, -0.15) is 0 Å². The molecule has 1 fully saturated rings. The quantitative estimate of drug-likeness (QED) is 0.634. The van der Waals surface area contributed by atoms with Crippen LogP contribution in [-0.4, -0.2) is 6.17 Å². The fourth-order valence-corrected chi connectivity index (χ4v) is 1.72. The SMILES string of the molecule is NC1CC(c2cccc(Cl)c2)NN1. The van der Waals surface area contributed by atoms with E-state index < -0.39 is 0 Å². The summed E-state index contributed by atoms with van der Waals surface area (Å²) in [5.74, 6) is 0. The molecule has 0 aromatic heterocycles. The summed E-state index contributed by atoms with van der Waals surface area (Å²) in [4.78, 5) is 0. The first-order valence-corrected chi connectivity index (χ1v) is 4.65. The van der Waals surface area contributed by atoms with E-state index in [1.807, 2.05) is 24.3 Å². The van der Waals surface area contributed by atoms with E-state index in [1.54, 1.807) is 0 Å². The molecule has 1 aromatic carbocycles. The highest BCUT2D eigenvalue weighted by atomic mass is 35.5. The van der Waals surface area contributed by atoms with Gasteiger partial charge < -0.3 is 5.73 Å². The summed E-state index contributed by atoms with van der Waals surface area (Å²) in [5, 5.41) is 0.764. The molecule has 0 amide bonds. The number of nitrogens with two attached hydrogens (primary N) is 1. The summed E-state index contributed by atoms with van der Waals surface area (Å²) in [6.07, 6.45) is 0.921. The van der Waals surface area contributed by atoms with E-state index in [4.69, 9.17) is 17.3 Å². The van der Waals surface area contributed by atoms with Crippen LogP contribution >= 0.6 is 11.6 Å². The normalized spacial score (nSPS) is 27.8. The van der Waals surface area contributed by atoms with Crippen LogP contribution in [0.3, 0.4) is 0 Å². The molecule has 3 nitrogen and oxygen atoms in total. The number of benzene rings is 1. The maximum Gasteiger partial charge on any atom is 0.0698 e. The fourth-order valence-electron chi connectivity index (χ4n) is 1.52. The number of nitrogens with one attached hydrogen (secondary N) is 2. The van der Waals surface area contributed by atoms with Crippen molar-refractivity contribution in [2.24, 2.45) is 5.73 Å². The third-order valence-corrected chi connectivity index (χ3v) is 2.42. The van der Waals surface area contributed by atoms with E-state index in [-0.39, 0.29) is 12.2 Å². The van der Waals surface area contributed by atoms with Gasteiger partial charge in [0.2, 0.25) is 0 Å². The van der Waals surface area contributed by atoms with Gasteiger partial charge >= 0.3 is 0 Å². The zero-order chi connectivity index (χ0) is 9.26. The molecular weight excluding hydrogens is 186 g/mol. The molecule has 1 aromatic rings. The first-order valence-electron chi connectivity index (χ1n) is 4.28. The molecule has 4 heteroatoms. The Kier molecular flexibility index (Phi) is 2.51. The minimum atomic E-state index is 0.0315. The van der Waals surface area contributed by atoms with Gasteiger partial charge in [0.15, 0.2) is 0 Å². The van der Waals surface area contributed by atoms with Crippen molar-refractivity contribution in [3.8, 4) is 0 Å². The van der Waals surface area contributed by atoms with E-state index in [2.05, 4.69) is 10.9 Å². The van der Waals surface area contributed by atoms with Gasteiger partial charge in [-0.05, 0) is 24.1 Å². The van der Waals surface area contributed by atoms with Crippen molar-refractivity contribution in [3.05, 3.63) is 34.9 Å². The Labute approximate surface area is 82.2 Å². The molecule has 0 bridgehead atoms. The molecule has 70 valence electrons. The summed E-state index contributed by atoms with van der Waals surface area (Å²) in [6, 6.07) is 8.09. The molecule has 2 unspecified atom stereocenters. The number of hydrazine groups is 1. The maximum atomic E-state index is 5.88. The molecule has 1 heterocycles. The predicted molar refractivity (Wildman–Crippen MR) is 53.1 cm³/mol. The molecule has 2 rings (SSSR count). The Hall–Kier alpha value is -0.610. The lowest BCUT2D eigenvalue weighted by atomic mass is 10.1. The zero-order valence-corrected chi connectivity index (χ0v) is 7.88. The average molecular weight is 198 g/mol. The van der Waals surface area contributed by atoms with Gasteiger partial charge in [-0.3, -0.25) is 0 Å². The van der Waals surface area contributed by atoms with Crippen molar-refractivity contribution >= 4 is 11.6 Å². The van der Waals surface area contributed by atoms with E-state index in [9.17, 15) is 0 Å². The van der Waals surface area contributed by atoms with Gasteiger partial charge in [0.05, 0.1) is 6.17 Å². The van der Waals surface area contributed by atoms with Gasteiger partial charge in [0, 0.05) is 11.1 Å². The molecule has 2 atom stereocenters. The highest BCUT2D eigenvalue weighted by molar-refractivity contribution is 6.30. The van der Waals surface area contributed by atoms with Crippen molar-refractivity contribution in [2.75, 3.05) is 0 Å². The fraction of sp³-hybridized carbons (Fsp3) is 0.333. The standard InChI is InChI=1S/C9H12ClN3/c10-7-3-1-2-6(4-7)8-5-9(11)13-12-8/h1-4,8-9,12-13H,5,11H2. The average Bonchev–Trinajstić information content (AvgIpc) is 2.52. The monoisotopic (exact) mass is 197 g/mol. The Bertz CT molecular complexity index is 303.